The summed E-state index contributed by atoms with van der Waals surface area (Å²) in [6.45, 7) is 1.27. The van der Waals surface area contributed by atoms with Crippen molar-refractivity contribution in [3.63, 3.8) is 0 Å². The van der Waals surface area contributed by atoms with Crippen molar-refractivity contribution >= 4 is 23.4 Å². The molecule has 50 heavy (non-hydrogen) atoms. The molecule has 1 aromatic heterocycles. The van der Waals surface area contributed by atoms with Crippen molar-refractivity contribution in [3.8, 4) is 17.2 Å². The number of aromatic nitrogens is 1. The number of primary amides is 1. The van der Waals surface area contributed by atoms with Crippen molar-refractivity contribution in [3.05, 3.63) is 113 Å². The third kappa shape index (κ3) is 6.88. The maximum Gasteiger partial charge on any atom is 0.267 e. The maximum absolute atomic E-state index is 14.9. The van der Waals surface area contributed by atoms with Gasteiger partial charge in [-0.2, -0.15) is 0 Å². The van der Waals surface area contributed by atoms with Crippen LogP contribution in [0.1, 0.15) is 71.6 Å². The van der Waals surface area contributed by atoms with E-state index >= 15 is 0 Å². The SMILES string of the molecule is NC(=O)c1ccc(Oc2ccc(C3(c4ccc(OC5CC(Nc6cc(F)c(C7CCC(=O)NC7=O)c(F)c6)C5)cc4)CCOCC3)cc2)cn1. The normalized spacial score (nSPS) is 21.4. The average molecular weight is 683 g/mol. The molecule has 10 nitrogen and oxygen atoms in total. The smallest absolute Gasteiger partial charge is 0.267 e. The van der Waals surface area contributed by atoms with Gasteiger partial charge >= 0.3 is 0 Å². The van der Waals surface area contributed by atoms with Gasteiger partial charge in [-0.25, -0.2) is 13.8 Å². The summed E-state index contributed by atoms with van der Waals surface area (Å²) in [6, 6.07) is 21.7. The molecule has 0 bridgehead atoms. The van der Waals surface area contributed by atoms with E-state index < -0.39 is 35.3 Å². The van der Waals surface area contributed by atoms with Gasteiger partial charge in [-0.1, -0.05) is 24.3 Å². The van der Waals surface area contributed by atoms with Gasteiger partial charge in [-0.15, -0.1) is 0 Å². The van der Waals surface area contributed by atoms with Gasteiger partial charge in [0.25, 0.3) is 5.91 Å². The number of carbonyl (C=O) groups is 3. The highest BCUT2D eigenvalue weighted by atomic mass is 19.1. The number of ether oxygens (including phenoxy) is 3. The van der Waals surface area contributed by atoms with E-state index in [4.69, 9.17) is 19.9 Å². The van der Waals surface area contributed by atoms with Gasteiger partial charge in [0, 0.05) is 55.2 Å². The van der Waals surface area contributed by atoms with Crippen molar-refractivity contribution in [2.75, 3.05) is 18.5 Å². The predicted molar refractivity (Wildman–Crippen MR) is 179 cm³/mol. The molecule has 3 aromatic carbocycles. The van der Waals surface area contributed by atoms with E-state index in [1.165, 1.54) is 24.4 Å². The van der Waals surface area contributed by atoms with Crippen LogP contribution in [0, 0.1) is 11.6 Å². The molecule has 1 atom stereocenters. The molecule has 4 aromatic rings. The minimum atomic E-state index is -1.03. The molecule has 7 rings (SSSR count). The molecule has 2 aliphatic heterocycles. The van der Waals surface area contributed by atoms with E-state index in [0.717, 1.165) is 29.7 Å². The Labute approximate surface area is 287 Å². The number of anilines is 1. The molecule has 1 unspecified atom stereocenters. The Kier molecular flexibility index (Phi) is 9.20. The molecule has 1 aliphatic carbocycles. The molecule has 12 heteroatoms. The van der Waals surface area contributed by atoms with Crippen LogP contribution in [0.4, 0.5) is 14.5 Å². The molecule has 3 amide bonds. The summed E-state index contributed by atoms with van der Waals surface area (Å²) in [6.07, 6.45) is 4.46. The van der Waals surface area contributed by atoms with Crippen LogP contribution in [-0.4, -0.2) is 48.1 Å². The number of rotatable bonds is 10. The highest BCUT2D eigenvalue weighted by molar-refractivity contribution is 6.01. The number of pyridine rings is 1. The monoisotopic (exact) mass is 682 g/mol. The average Bonchev–Trinajstić information content (AvgIpc) is 3.09. The Morgan fingerprint density at radius 1 is 0.900 bits per heavy atom. The van der Waals surface area contributed by atoms with Crippen molar-refractivity contribution in [1.29, 1.82) is 0 Å². The second-order valence-corrected chi connectivity index (χ2v) is 13.0. The number of benzene rings is 3. The van der Waals surface area contributed by atoms with E-state index in [-0.39, 0.29) is 41.7 Å². The Bertz CT molecular complexity index is 1870. The highest BCUT2D eigenvalue weighted by Gasteiger charge is 2.37. The second kappa shape index (κ2) is 13.9. The van der Waals surface area contributed by atoms with Crippen LogP contribution in [0.25, 0.3) is 0 Å². The number of hydrogen-bond donors (Lipinski definition) is 3. The first kappa shape index (κ1) is 33.2. The van der Waals surface area contributed by atoms with Crippen LogP contribution in [-0.2, 0) is 19.7 Å². The third-order valence-corrected chi connectivity index (χ3v) is 9.82. The number of nitrogens with two attached hydrogens (primary N) is 1. The quantitative estimate of drug-likeness (QED) is 0.176. The van der Waals surface area contributed by atoms with E-state index in [1.807, 2.05) is 24.3 Å². The summed E-state index contributed by atoms with van der Waals surface area (Å²) in [7, 11) is 0. The summed E-state index contributed by atoms with van der Waals surface area (Å²) in [4.78, 5) is 38.9. The van der Waals surface area contributed by atoms with Crippen LogP contribution in [0.2, 0.25) is 0 Å². The Morgan fingerprint density at radius 3 is 2.10 bits per heavy atom. The lowest BCUT2D eigenvalue weighted by atomic mass is 9.69. The molecule has 0 radical (unpaired) electrons. The molecular formula is C38H36F2N4O6. The molecule has 3 aliphatic rings. The molecule has 3 heterocycles. The van der Waals surface area contributed by atoms with Crippen LogP contribution in [0.3, 0.4) is 0 Å². The lowest BCUT2D eigenvalue weighted by Crippen LogP contribution is -2.42. The fourth-order valence-electron chi connectivity index (χ4n) is 7.06. The molecule has 4 N–H and O–H groups in total. The molecule has 2 saturated heterocycles. The lowest BCUT2D eigenvalue weighted by molar-refractivity contribution is -0.134. The zero-order valence-corrected chi connectivity index (χ0v) is 27.1. The van der Waals surface area contributed by atoms with E-state index in [2.05, 4.69) is 39.9 Å². The minimum absolute atomic E-state index is 0.0252. The standard InChI is InChI=1S/C38H36F2N4O6/c39-31-19-25(20-32(40)35(31)30-10-12-34(45)44-37(30)47)43-24-17-29(18-24)50-27-7-3-23(4-8-27)38(13-15-48-16-14-38)22-1-5-26(6-2-22)49-28-9-11-33(36(41)46)42-21-28/h1-9,11,19-21,24,29-30,43H,10,12-18H2,(H2,41,46)(H,44,45,47). The lowest BCUT2D eigenvalue weighted by Gasteiger charge is -2.39. The van der Waals surface area contributed by atoms with Gasteiger partial charge in [0.1, 0.15) is 40.7 Å². The molecular weight excluding hydrogens is 646 g/mol. The molecule has 3 fully saturated rings. The number of nitrogens with zero attached hydrogens (tertiary/aromatic N) is 1. The van der Waals surface area contributed by atoms with E-state index in [9.17, 15) is 23.2 Å². The summed E-state index contributed by atoms with van der Waals surface area (Å²) in [5.41, 5.74) is 7.48. The van der Waals surface area contributed by atoms with Crippen LogP contribution in [0.15, 0.2) is 79.0 Å². The molecule has 0 spiro atoms. The summed E-state index contributed by atoms with van der Waals surface area (Å²) in [5.74, 6) is -2.50. The maximum atomic E-state index is 14.9. The largest absolute Gasteiger partial charge is 0.490 e. The van der Waals surface area contributed by atoms with Crippen LogP contribution in [0.5, 0.6) is 17.2 Å². The molecule has 258 valence electrons. The molecule has 1 saturated carbocycles. The van der Waals surface area contributed by atoms with Gasteiger partial charge in [0.15, 0.2) is 0 Å². The number of piperidine rings is 1. The highest BCUT2D eigenvalue weighted by Crippen LogP contribution is 2.43. The van der Waals surface area contributed by atoms with E-state index in [1.54, 1.807) is 6.07 Å². The zero-order valence-electron chi connectivity index (χ0n) is 27.1. The van der Waals surface area contributed by atoms with Gasteiger partial charge in [0.05, 0.1) is 12.1 Å². The summed E-state index contributed by atoms with van der Waals surface area (Å²) >= 11 is 0. The number of carbonyl (C=O) groups excluding carboxylic acids is 3. The number of nitrogens with one attached hydrogen (secondary N) is 2. The van der Waals surface area contributed by atoms with Crippen molar-refractivity contribution < 1.29 is 37.4 Å². The topological polar surface area (TPSA) is 142 Å². The number of amides is 3. The number of imide groups is 1. The zero-order chi connectivity index (χ0) is 34.8. The second-order valence-electron chi connectivity index (χ2n) is 13.0. The predicted octanol–water partition coefficient (Wildman–Crippen LogP) is 5.89. The van der Waals surface area contributed by atoms with Gasteiger partial charge in [-0.05, 0) is 78.9 Å². The Morgan fingerprint density at radius 2 is 1.52 bits per heavy atom. The van der Waals surface area contributed by atoms with Crippen LogP contribution >= 0.6 is 0 Å². The van der Waals surface area contributed by atoms with Crippen LogP contribution < -0.4 is 25.8 Å². The van der Waals surface area contributed by atoms with Crippen molar-refractivity contribution in [1.82, 2.24) is 10.3 Å². The fourth-order valence-corrected chi connectivity index (χ4v) is 7.06. The van der Waals surface area contributed by atoms with Gasteiger partial charge in [0.2, 0.25) is 11.8 Å². The van der Waals surface area contributed by atoms with Crippen molar-refractivity contribution in [2.24, 2.45) is 5.73 Å². The first-order chi connectivity index (χ1) is 24.2. The number of hydrogen-bond acceptors (Lipinski definition) is 8. The Balaban J connectivity index is 0.960. The van der Waals surface area contributed by atoms with Gasteiger partial charge < -0.3 is 25.3 Å². The van der Waals surface area contributed by atoms with E-state index in [0.29, 0.717) is 43.2 Å². The summed E-state index contributed by atoms with van der Waals surface area (Å²) < 4.78 is 47.8. The fraction of sp³-hybridized carbons (Fsp3) is 0.316. The summed E-state index contributed by atoms with van der Waals surface area (Å²) in [5, 5.41) is 5.32. The third-order valence-electron chi connectivity index (χ3n) is 9.82. The van der Waals surface area contributed by atoms with Gasteiger partial charge in [-0.3, -0.25) is 19.7 Å². The van der Waals surface area contributed by atoms with Crippen molar-refractivity contribution in [2.45, 2.75) is 62.0 Å². The number of halogens is 2. The minimum Gasteiger partial charge on any atom is -0.490 e. The Hall–Kier alpha value is -5.36. The first-order valence-corrected chi connectivity index (χ1v) is 16.7. The first-order valence-electron chi connectivity index (χ1n) is 16.7.